The van der Waals surface area contributed by atoms with Crippen LogP contribution in [0.1, 0.15) is 93.4 Å². The maximum Gasteiger partial charge on any atom is 0.328 e. The zero-order chi connectivity index (χ0) is 30.4. The molecule has 0 aromatic rings. The number of hydrogen-bond donors (Lipinski definition) is 2. The summed E-state index contributed by atoms with van der Waals surface area (Å²) in [7, 11) is 1.78. The second-order valence-electron chi connectivity index (χ2n) is 13.5. The predicted octanol–water partition coefficient (Wildman–Crippen LogP) is 3.56. The maximum absolute atomic E-state index is 13.9. The molecule has 3 unspecified atom stereocenters. The fourth-order valence-corrected chi connectivity index (χ4v) is 6.31. The Balaban J connectivity index is 1.70. The van der Waals surface area contributed by atoms with E-state index in [1.165, 1.54) is 0 Å². The molecule has 0 aromatic carbocycles. The third-order valence-corrected chi connectivity index (χ3v) is 9.08. The summed E-state index contributed by atoms with van der Waals surface area (Å²) in [6.07, 6.45) is 7.74. The van der Waals surface area contributed by atoms with Crippen molar-refractivity contribution in [1.82, 2.24) is 20.0 Å². The van der Waals surface area contributed by atoms with Gasteiger partial charge in [0.05, 0.1) is 18.7 Å². The van der Waals surface area contributed by atoms with Gasteiger partial charge in [0.15, 0.2) is 0 Å². The van der Waals surface area contributed by atoms with Gasteiger partial charge in [0.1, 0.15) is 12.3 Å². The number of ether oxygens (including phenoxy) is 1. The van der Waals surface area contributed by atoms with Crippen molar-refractivity contribution < 1.29 is 24.2 Å². The lowest BCUT2D eigenvalue weighted by atomic mass is 9.95. The number of likely N-dealkylation sites (tertiary alicyclic amines) is 2. The number of aliphatic hydroxyl groups is 1. The Morgan fingerprint density at radius 3 is 2.24 bits per heavy atom. The van der Waals surface area contributed by atoms with Crippen LogP contribution in [0.2, 0.25) is 0 Å². The highest BCUT2D eigenvalue weighted by Gasteiger charge is 2.38. The van der Waals surface area contributed by atoms with Crippen LogP contribution in [0, 0.1) is 17.8 Å². The summed E-state index contributed by atoms with van der Waals surface area (Å²) in [5.41, 5.74) is 0.522. The molecule has 2 heterocycles. The molecule has 2 N–H and O–H groups in total. The Morgan fingerprint density at radius 2 is 1.66 bits per heavy atom. The number of esters is 1. The van der Waals surface area contributed by atoms with Crippen LogP contribution >= 0.6 is 0 Å². The quantitative estimate of drug-likeness (QED) is 0.196. The van der Waals surface area contributed by atoms with Crippen LogP contribution < -0.4 is 5.32 Å². The summed E-state index contributed by atoms with van der Waals surface area (Å²) >= 11 is 0. The Hall–Kier alpha value is -1.97. The summed E-state index contributed by atoms with van der Waals surface area (Å²) in [5, 5.41) is 14.5. The van der Waals surface area contributed by atoms with E-state index in [2.05, 4.69) is 24.1 Å². The Labute approximate surface area is 248 Å². The summed E-state index contributed by atoms with van der Waals surface area (Å²) < 4.78 is 5.51. The molecule has 1 saturated carbocycles. The van der Waals surface area contributed by atoms with Crippen molar-refractivity contribution in [2.24, 2.45) is 17.8 Å². The molecule has 2 aliphatic heterocycles. The average molecular weight is 577 g/mol. The van der Waals surface area contributed by atoms with Crippen LogP contribution in [0.15, 0.2) is 11.6 Å². The molecule has 3 aliphatic rings. The van der Waals surface area contributed by atoms with Gasteiger partial charge in [-0.15, -0.1) is 0 Å². The zero-order valence-electron chi connectivity index (χ0n) is 26.8. The van der Waals surface area contributed by atoms with Crippen molar-refractivity contribution in [3.05, 3.63) is 11.6 Å². The van der Waals surface area contributed by atoms with Gasteiger partial charge in [0.2, 0.25) is 11.8 Å². The maximum atomic E-state index is 13.9. The van der Waals surface area contributed by atoms with Crippen molar-refractivity contribution in [3.63, 3.8) is 0 Å². The molecular weight excluding hydrogens is 520 g/mol. The molecule has 0 bridgehead atoms. The number of amides is 2. The first-order valence-corrected chi connectivity index (χ1v) is 16.0. The molecular formula is C32H56N4O5. The van der Waals surface area contributed by atoms with E-state index in [-0.39, 0.29) is 41.7 Å². The Bertz CT molecular complexity index is 931. The number of aliphatic hydroxyl groups excluding tert-OH is 1. The highest BCUT2D eigenvalue weighted by Crippen LogP contribution is 2.30. The number of nitrogens with zero attached hydrogens (tertiary/aromatic N) is 3. The Kier molecular flexibility index (Phi) is 12.2. The molecule has 1 aliphatic carbocycles. The van der Waals surface area contributed by atoms with Crippen molar-refractivity contribution in [1.29, 1.82) is 0 Å². The number of piperidine rings is 1. The molecule has 9 nitrogen and oxygen atoms in total. The van der Waals surface area contributed by atoms with E-state index < -0.39 is 18.3 Å². The van der Waals surface area contributed by atoms with Crippen LogP contribution in [-0.4, -0.2) is 101 Å². The highest BCUT2D eigenvalue weighted by atomic mass is 16.5. The second-order valence-corrected chi connectivity index (χ2v) is 13.5. The van der Waals surface area contributed by atoms with E-state index in [0.29, 0.717) is 37.1 Å². The largest absolute Gasteiger partial charge is 0.464 e. The lowest BCUT2D eigenvalue weighted by Gasteiger charge is -2.43. The molecule has 2 saturated heterocycles. The smallest absolute Gasteiger partial charge is 0.328 e. The van der Waals surface area contributed by atoms with Crippen LogP contribution in [0.3, 0.4) is 0 Å². The second kappa shape index (κ2) is 15.0. The van der Waals surface area contributed by atoms with Gasteiger partial charge < -0.3 is 19.6 Å². The van der Waals surface area contributed by atoms with Crippen LogP contribution in [0.25, 0.3) is 0 Å². The van der Waals surface area contributed by atoms with Gasteiger partial charge in [0.25, 0.3) is 0 Å². The number of rotatable bonds is 13. The monoisotopic (exact) mass is 576 g/mol. The average Bonchev–Trinajstić information content (AvgIpc) is 3.64. The minimum atomic E-state index is -0.814. The standard InChI is InChI=1S/C32H56N4O5/c1-20(2)27(18-23(7)30(38)36-17-11-13-26(36)32(40)41-19-24-14-15-24)34(8)31(39)28(21(3)4)33-29(37)25-12-9-10-16-35(25)22(5)6/h18,20-22,24-29,33,37H,9-17,19H2,1-8H3/b23-18+/t25?,26-,27+,28?,29?/m0/s1. The third-order valence-electron chi connectivity index (χ3n) is 9.08. The van der Waals surface area contributed by atoms with Crippen molar-refractivity contribution in [2.75, 3.05) is 26.7 Å². The summed E-state index contributed by atoms with van der Waals surface area (Å²) in [5.74, 6) is -0.0969. The van der Waals surface area contributed by atoms with Crippen molar-refractivity contribution in [3.8, 4) is 0 Å². The minimum absolute atomic E-state index is 0.0341. The SMILES string of the molecule is C/C(=C\[C@H](C(C)C)N(C)C(=O)C(NC(O)C1CCCCN1C(C)C)C(C)C)C(=O)N1CCC[C@H]1C(=O)OCC1CC1. The van der Waals surface area contributed by atoms with Gasteiger partial charge in [-0.3, -0.25) is 19.8 Å². The first-order chi connectivity index (χ1) is 19.3. The normalized spacial score (nSPS) is 24.6. The van der Waals surface area contributed by atoms with Gasteiger partial charge in [-0.25, -0.2) is 4.79 Å². The molecule has 0 aromatic heterocycles. The number of likely N-dealkylation sites (N-methyl/N-ethyl adjacent to an activating group) is 1. The zero-order valence-corrected chi connectivity index (χ0v) is 26.8. The van der Waals surface area contributed by atoms with Crippen molar-refractivity contribution >= 4 is 17.8 Å². The molecule has 3 fully saturated rings. The first-order valence-electron chi connectivity index (χ1n) is 16.0. The van der Waals surface area contributed by atoms with E-state index in [9.17, 15) is 19.5 Å². The van der Waals surface area contributed by atoms with Crippen molar-refractivity contribution in [2.45, 2.75) is 130 Å². The number of nitrogens with one attached hydrogen (secondary N) is 1. The van der Waals surface area contributed by atoms with E-state index >= 15 is 0 Å². The number of carbonyl (C=O) groups is 3. The van der Waals surface area contributed by atoms with Gasteiger partial charge >= 0.3 is 5.97 Å². The number of hydrogen-bond acceptors (Lipinski definition) is 7. The third kappa shape index (κ3) is 8.77. The van der Waals surface area contributed by atoms with Gasteiger partial charge in [-0.2, -0.15) is 0 Å². The summed E-state index contributed by atoms with van der Waals surface area (Å²) in [6.45, 7) is 16.0. The lowest BCUT2D eigenvalue weighted by molar-refractivity contribution is -0.152. The predicted molar refractivity (Wildman–Crippen MR) is 161 cm³/mol. The van der Waals surface area contributed by atoms with Crippen LogP contribution in [0.4, 0.5) is 0 Å². The molecule has 9 heteroatoms. The van der Waals surface area contributed by atoms with Gasteiger partial charge in [-0.1, -0.05) is 40.2 Å². The Morgan fingerprint density at radius 1 is 0.976 bits per heavy atom. The molecule has 0 radical (unpaired) electrons. The summed E-state index contributed by atoms with van der Waals surface area (Å²) in [4.78, 5) is 45.8. The highest BCUT2D eigenvalue weighted by molar-refractivity contribution is 5.96. The molecule has 2 amide bonds. The first kappa shape index (κ1) is 33.5. The molecule has 3 rings (SSSR count). The van der Waals surface area contributed by atoms with E-state index in [4.69, 9.17) is 4.74 Å². The number of carbonyl (C=O) groups excluding carboxylic acids is 3. The lowest BCUT2D eigenvalue weighted by Crippen LogP contribution is -2.60. The van der Waals surface area contributed by atoms with Gasteiger partial charge in [-0.05, 0) is 83.6 Å². The minimum Gasteiger partial charge on any atom is -0.464 e. The molecule has 0 spiro atoms. The van der Waals surface area contributed by atoms with Crippen LogP contribution in [-0.2, 0) is 19.1 Å². The molecule has 41 heavy (non-hydrogen) atoms. The summed E-state index contributed by atoms with van der Waals surface area (Å²) in [6, 6.07) is -1.15. The van der Waals surface area contributed by atoms with E-state index in [0.717, 1.165) is 45.1 Å². The fraction of sp³-hybridized carbons (Fsp3) is 0.844. The van der Waals surface area contributed by atoms with E-state index in [1.54, 1.807) is 23.8 Å². The van der Waals surface area contributed by atoms with Crippen LogP contribution in [0.5, 0.6) is 0 Å². The fourth-order valence-electron chi connectivity index (χ4n) is 6.31. The van der Waals surface area contributed by atoms with Gasteiger partial charge in [0, 0.05) is 31.2 Å². The van der Waals surface area contributed by atoms with E-state index in [1.807, 2.05) is 33.8 Å². The topological polar surface area (TPSA) is 102 Å². The molecule has 234 valence electrons. The molecule has 5 atom stereocenters.